The lowest BCUT2D eigenvalue weighted by molar-refractivity contribution is 0.285. The third kappa shape index (κ3) is 4.13. The lowest BCUT2D eigenvalue weighted by atomic mass is 9.81. The smallest absolute Gasteiger partial charge is 0.0414 e. The lowest BCUT2D eigenvalue weighted by Gasteiger charge is -2.25. The van der Waals surface area contributed by atoms with Crippen LogP contribution in [-0.2, 0) is 0 Å². The molecule has 0 aromatic carbocycles. The predicted octanol–water partition coefficient (Wildman–Crippen LogP) is 4.39. The van der Waals surface area contributed by atoms with Gasteiger partial charge in [-0.25, -0.2) is 0 Å². The Labute approximate surface area is 77.7 Å². The van der Waals surface area contributed by atoms with Crippen molar-refractivity contribution >= 4 is 0 Å². The van der Waals surface area contributed by atoms with Crippen molar-refractivity contribution < 1.29 is 0 Å². The number of hydrogen-bond donors (Lipinski definition) is 0. The summed E-state index contributed by atoms with van der Waals surface area (Å²) in [4.78, 5) is 0. The summed E-state index contributed by atoms with van der Waals surface area (Å²) in [6.45, 7) is 4.65. The van der Waals surface area contributed by atoms with E-state index in [0.717, 1.165) is 11.8 Å². The second kappa shape index (κ2) is 5.61. The number of unbranched alkanes of at least 4 members (excludes halogenated alkanes) is 2. The third-order valence-electron chi connectivity index (χ3n) is 3.12. The van der Waals surface area contributed by atoms with E-state index in [-0.39, 0.29) is 0 Å². The minimum Gasteiger partial charge on any atom is -0.0628 e. The van der Waals surface area contributed by atoms with Gasteiger partial charge in [-0.05, 0) is 11.8 Å². The van der Waals surface area contributed by atoms with Crippen LogP contribution < -0.4 is 0 Å². The van der Waals surface area contributed by atoms with Crippen LogP contribution in [0.3, 0.4) is 0 Å². The highest BCUT2D eigenvalue weighted by Crippen LogP contribution is 2.31. The highest BCUT2D eigenvalue weighted by Gasteiger charge is 2.15. The molecule has 0 nitrogen and oxygen atoms in total. The van der Waals surface area contributed by atoms with Crippen molar-refractivity contribution in [2.75, 3.05) is 0 Å². The molecule has 0 amide bonds. The van der Waals surface area contributed by atoms with Gasteiger partial charge < -0.3 is 0 Å². The van der Waals surface area contributed by atoms with Crippen LogP contribution in [0.2, 0.25) is 0 Å². The summed E-state index contributed by atoms with van der Waals surface area (Å²) < 4.78 is 0. The minimum absolute atomic E-state index is 0.911. The lowest BCUT2D eigenvalue weighted by Crippen LogP contribution is -2.10. The Kier molecular flexibility index (Phi) is 4.72. The normalized spacial score (nSPS) is 18.2. The fourth-order valence-electron chi connectivity index (χ4n) is 1.94. The van der Waals surface area contributed by atoms with E-state index in [4.69, 9.17) is 0 Å². The molecule has 12 heavy (non-hydrogen) atoms. The molecule has 0 heteroatoms. The van der Waals surface area contributed by atoms with Gasteiger partial charge in [-0.3, -0.25) is 0 Å². The largest absolute Gasteiger partial charge is 0.0628 e. The van der Waals surface area contributed by atoms with Crippen molar-refractivity contribution in [1.82, 2.24) is 0 Å². The van der Waals surface area contributed by atoms with E-state index < -0.39 is 0 Å². The standard InChI is InChI=1S/C12H24/c1-11(2)7-4-3-5-8-12-9-6-10-12/h11-12H,3-10H2,1-2H3. The molecule has 0 aromatic heterocycles. The molecule has 0 unspecified atom stereocenters. The quantitative estimate of drug-likeness (QED) is 0.516. The maximum absolute atomic E-state index is 2.33. The Morgan fingerprint density at radius 1 is 1.08 bits per heavy atom. The molecule has 0 atom stereocenters. The van der Waals surface area contributed by atoms with Gasteiger partial charge in [-0.15, -0.1) is 0 Å². The summed E-state index contributed by atoms with van der Waals surface area (Å²) in [5, 5.41) is 0. The van der Waals surface area contributed by atoms with Gasteiger partial charge in [0.2, 0.25) is 0 Å². The van der Waals surface area contributed by atoms with E-state index in [1.807, 2.05) is 0 Å². The average molecular weight is 168 g/mol. The van der Waals surface area contributed by atoms with Crippen molar-refractivity contribution in [3.8, 4) is 0 Å². The summed E-state index contributed by atoms with van der Waals surface area (Å²) in [7, 11) is 0. The van der Waals surface area contributed by atoms with Gasteiger partial charge in [-0.1, -0.05) is 65.2 Å². The maximum atomic E-state index is 2.33. The summed E-state index contributed by atoms with van der Waals surface area (Å²) in [5.41, 5.74) is 0. The Bertz CT molecular complexity index is 101. The van der Waals surface area contributed by atoms with Crippen molar-refractivity contribution in [1.29, 1.82) is 0 Å². The minimum atomic E-state index is 0.911. The summed E-state index contributed by atoms with van der Waals surface area (Å²) in [6.07, 6.45) is 12.0. The molecule has 0 bridgehead atoms. The Morgan fingerprint density at radius 2 is 1.83 bits per heavy atom. The third-order valence-corrected chi connectivity index (χ3v) is 3.12. The fourth-order valence-corrected chi connectivity index (χ4v) is 1.94. The van der Waals surface area contributed by atoms with Gasteiger partial charge >= 0.3 is 0 Å². The second-order valence-electron chi connectivity index (χ2n) is 4.83. The van der Waals surface area contributed by atoms with E-state index >= 15 is 0 Å². The molecule has 72 valence electrons. The fraction of sp³-hybridized carbons (Fsp3) is 1.00. The van der Waals surface area contributed by atoms with Crippen molar-refractivity contribution in [3.05, 3.63) is 0 Å². The van der Waals surface area contributed by atoms with E-state index in [2.05, 4.69) is 13.8 Å². The first-order valence-electron chi connectivity index (χ1n) is 5.79. The van der Waals surface area contributed by atoms with Gasteiger partial charge in [0.05, 0.1) is 0 Å². The maximum Gasteiger partial charge on any atom is -0.0414 e. The Hall–Kier alpha value is 0. The molecule has 0 heterocycles. The first-order valence-corrected chi connectivity index (χ1v) is 5.79. The van der Waals surface area contributed by atoms with Gasteiger partial charge in [0.1, 0.15) is 0 Å². The molecule has 1 saturated carbocycles. The van der Waals surface area contributed by atoms with E-state index in [9.17, 15) is 0 Å². The summed E-state index contributed by atoms with van der Waals surface area (Å²) in [6, 6.07) is 0. The van der Waals surface area contributed by atoms with E-state index in [0.29, 0.717) is 0 Å². The van der Waals surface area contributed by atoms with E-state index in [1.54, 1.807) is 0 Å². The van der Waals surface area contributed by atoms with Crippen LogP contribution in [0, 0.1) is 11.8 Å². The summed E-state index contributed by atoms with van der Waals surface area (Å²) in [5.74, 6) is 2.04. The van der Waals surface area contributed by atoms with Gasteiger partial charge in [0.25, 0.3) is 0 Å². The van der Waals surface area contributed by atoms with Gasteiger partial charge in [0.15, 0.2) is 0 Å². The predicted molar refractivity (Wildman–Crippen MR) is 55.3 cm³/mol. The molecule has 1 aliphatic carbocycles. The molecular formula is C12H24. The molecule has 1 fully saturated rings. The van der Waals surface area contributed by atoms with Crippen LogP contribution in [0.25, 0.3) is 0 Å². The topological polar surface area (TPSA) is 0 Å². The average Bonchev–Trinajstić information content (AvgIpc) is 1.92. The molecule has 0 spiro atoms. The zero-order valence-corrected chi connectivity index (χ0v) is 8.81. The first-order chi connectivity index (χ1) is 5.79. The van der Waals surface area contributed by atoms with Crippen LogP contribution in [0.1, 0.15) is 65.2 Å². The molecular weight excluding hydrogens is 144 g/mol. The summed E-state index contributed by atoms with van der Waals surface area (Å²) >= 11 is 0. The van der Waals surface area contributed by atoms with Crippen LogP contribution in [0.15, 0.2) is 0 Å². The monoisotopic (exact) mass is 168 g/mol. The number of rotatable bonds is 6. The highest BCUT2D eigenvalue weighted by atomic mass is 14.2. The van der Waals surface area contributed by atoms with Crippen LogP contribution >= 0.6 is 0 Å². The van der Waals surface area contributed by atoms with Gasteiger partial charge in [0, 0.05) is 0 Å². The molecule has 1 rings (SSSR count). The molecule has 0 N–H and O–H groups in total. The van der Waals surface area contributed by atoms with Crippen molar-refractivity contribution in [2.45, 2.75) is 65.2 Å². The highest BCUT2D eigenvalue weighted by molar-refractivity contribution is 4.69. The second-order valence-corrected chi connectivity index (χ2v) is 4.83. The molecule has 0 saturated heterocycles. The molecule has 0 aliphatic heterocycles. The van der Waals surface area contributed by atoms with Crippen LogP contribution in [0.5, 0.6) is 0 Å². The number of hydrogen-bond acceptors (Lipinski definition) is 0. The molecule has 1 aliphatic rings. The SMILES string of the molecule is CC(C)CCCCCC1CCC1. The Morgan fingerprint density at radius 3 is 2.33 bits per heavy atom. The van der Waals surface area contributed by atoms with Crippen molar-refractivity contribution in [3.63, 3.8) is 0 Å². The van der Waals surface area contributed by atoms with E-state index in [1.165, 1.54) is 51.4 Å². The zero-order chi connectivity index (χ0) is 8.81. The molecule has 0 aromatic rings. The molecule has 0 radical (unpaired) electrons. The first kappa shape index (κ1) is 10.1. The van der Waals surface area contributed by atoms with Gasteiger partial charge in [-0.2, -0.15) is 0 Å². The Balaban J connectivity index is 1.76. The van der Waals surface area contributed by atoms with Crippen LogP contribution in [-0.4, -0.2) is 0 Å². The van der Waals surface area contributed by atoms with Crippen molar-refractivity contribution in [2.24, 2.45) is 11.8 Å². The van der Waals surface area contributed by atoms with Crippen LogP contribution in [0.4, 0.5) is 0 Å². The zero-order valence-electron chi connectivity index (χ0n) is 8.81.